The fourth-order valence-corrected chi connectivity index (χ4v) is 1.73. The molecule has 0 aliphatic rings. The van der Waals surface area contributed by atoms with Crippen molar-refractivity contribution in [3.63, 3.8) is 0 Å². The number of halogens is 2. The molecule has 90 valence electrons. The Bertz CT molecular complexity index is 637. The lowest BCUT2D eigenvalue weighted by molar-refractivity contribution is 0.441. The third kappa shape index (κ3) is 2.60. The summed E-state index contributed by atoms with van der Waals surface area (Å²) in [6, 6.07) is 11.0. The first-order valence-corrected chi connectivity index (χ1v) is 5.82. The molecule has 0 atom stereocenters. The van der Waals surface area contributed by atoms with Gasteiger partial charge in [-0.05, 0) is 30.3 Å². The standard InChI is InChI=1S/C13H8BrFN2O/c14-9-2-1-8(7-16)13(5-9)18-12-4-3-10(17)6-11(12)15/h1-6H,17H2. The topological polar surface area (TPSA) is 59.0 Å². The average molecular weight is 307 g/mol. The molecule has 18 heavy (non-hydrogen) atoms. The first-order valence-electron chi connectivity index (χ1n) is 5.02. The molecular formula is C13H8BrFN2O. The van der Waals surface area contributed by atoms with E-state index in [1.54, 1.807) is 18.2 Å². The molecule has 0 saturated carbocycles. The van der Waals surface area contributed by atoms with Gasteiger partial charge in [0.05, 0.1) is 5.56 Å². The van der Waals surface area contributed by atoms with Crippen LogP contribution in [0.2, 0.25) is 0 Å². The highest BCUT2D eigenvalue weighted by Crippen LogP contribution is 2.30. The highest BCUT2D eigenvalue weighted by molar-refractivity contribution is 9.10. The Morgan fingerprint density at radius 1 is 1.17 bits per heavy atom. The first-order chi connectivity index (χ1) is 8.60. The summed E-state index contributed by atoms with van der Waals surface area (Å²) < 4.78 is 19.7. The second-order valence-corrected chi connectivity index (χ2v) is 4.46. The van der Waals surface area contributed by atoms with E-state index in [-0.39, 0.29) is 11.5 Å². The quantitative estimate of drug-likeness (QED) is 0.858. The van der Waals surface area contributed by atoms with Gasteiger partial charge in [-0.1, -0.05) is 15.9 Å². The zero-order valence-electron chi connectivity index (χ0n) is 9.15. The zero-order valence-corrected chi connectivity index (χ0v) is 10.7. The van der Waals surface area contributed by atoms with Gasteiger partial charge in [-0.15, -0.1) is 0 Å². The van der Waals surface area contributed by atoms with Crippen molar-refractivity contribution >= 4 is 21.6 Å². The summed E-state index contributed by atoms with van der Waals surface area (Å²) in [5.41, 5.74) is 6.09. The third-order valence-corrected chi connectivity index (χ3v) is 2.73. The summed E-state index contributed by atoms with van der Waals surface area (Å²) in [5.74, 6) is -0.256. The van der Waals surface area contributed by atoms with Crippen LogP contribution < -0.4 is 10.5 Å². The number of benzene rings is 2. The van der Waals surface area contributed by atoms with Crippen molar-refractivity contribution in [2.24, 2.45) is 0 Å². The van der Waals surface area contributed by atoms with Gasteiger partial charge in [0.25, 0.3) is 0 Å². The van der Waals surface area contributed by atoms with E-state index in [0.29, 0.717) is 11.3 Å². The minimum atomic E-state index is -0.570. The predicted molar refractivity (Wildman–Crippen MR) is 69.7 cm³/mol. The van der Waals surface area contributed by atoms with Gasteiger partial charge in [-0.3, -0.25) is 0 Å². The maximum absolute atomic E-state index is 13.6. The number of ether oxygens (including phenoxy) is 1. The molecule has 5 heteroatoms. The van der Waals surface area contributed by atoms with Gasteiger partial charge in [-0.25, -0.2) is 4.39 Å². The highest BCUT2D eigenvalue weighted by atomic mass is 79.9. The normalized spacial score (nSPS) is 9.83. The lowest BCUT2D eigenvalue weighted by Crippen LogP contribution is -1.93. The van der Waals surface area contributed by atoms with Crippen LogP contribution in [0.4, 0.5) is 10.1 Å². The van der Waals surface area contributed by atoms with Crippen molar-refractivity contribution in [1.29, 1.82) is 5.26 Å². The molecule has 0 radical (unpaired) electrons. The Labute approximate surface area is 112 Å². The molecule has 0 bridgehead atoms. The maximum atomic E-state index is 13.6. The van der Waals surface area contributed by atoms with Crippen LogP contribution in [-0.2, 0) is 0 Å². The van der Waals surface area contributed by atoms with Crippen LogP contribution in [0.5, 0.6) is 11.5 Å². The molecule has 2 aromatic carbocycles. The molecule has 2 rings (SSSR count). The Kier molecular flexibility index (Phi) is 3.49. The summed E-state index contributed by atoms with van der Waals surface area (Å²) >= 11 is 3.27. The highest BCUT2D eigenvalue weighted by Gasteiger charge is 2.09. The van der Waals surface area contributed by atoms with Crippen LogP contribution in [0, 0.1) is 17.1 Å². The van der Waals surface area contributed by atoms with E-state index in [4.69, 9.17) is 15.7 Å². The van der Waals surface area contributed by atoms with Crippen LogP contribution in [0.25, 0.3) is 0 Å². The van der Waals surface area contributed by atoms with Crippen molar-refractivity contribution in [3.05, 3.63) is 52.3 Å². The Balaban J connectivity index is 2.40. The molecule has 0 aliphatic carbocycles. The minimum Gasteiger partial charge on any atom is -0.453 e. The fraction of sp³-hybridized carbons (Fsp3) is 0. The third-order valence-electron chi connectivity index (χ3n) is 2.24. The van der Waals surface area contributed by atoms with Crippen molar-refractivity contribution in [2.75, 3.05) is 5.73 Å². The van der Waals surface area contributed by atoms with E-state index < -0.39 is 5.82 Å². The second-order valence-electron chi connectivity index (χ2n) is 3.54. The fourth-order valence-electron chi connectivity index (χ4n) is 1.39. The first kappa shape index (κ1) is 12.4. The van der Waals surface area contributed by atoms with E-state index in [0.717, 1.165) is 4.47 Å². The number of rotatable bonds is 2. The van der Waals surface area contributed by atoms with Gasteiger partial charge in [0.1, 0.15) is 11.8 Å². The SMILES string of the molecule is N#Cc1ccc(Br)cc1Oc1ccc(N)cc1F. The Hall–Kier alpha value is -2.06. The summed E-state index contributed by atoms with van der Waals surface area (Å²) in [7, 11) is 0. The number of hydrogen-bond donors (Lipinski definition) is 1. The average Bonchev–Trinajstić information content (AvgIpc) is 2.33. The summed E-state index contributed by atoms with van der Waals surface area (Å²) in [6.07, 6.45) is 0. The molecule has 3 nitrogen and oxygen atoms in total. The van der Waals surface area contributed by atoms with Crippen molar-refractivity contribution < 1.29 is 9.13 Å². The number of hydrogen-bond acceptors (Lipinski definition) is 3. The molecule has 0 unspecified atom stereocenters. The Morgan fingerprint density at radius 2 is 1.94 bits per heavy atom. The molecule has 0 saturated heterocycles. The van der Waals surface area contributed by atoms with Gasteiger partial charge >= 0.3 is 0 Å². The zero-order chi connectivity index (χ0) is 13.1. The van der Waals surface area contributed by atoms with Crippen LogP contribution >= 0.6 is 15.9 Å². The van der Waals surface area contributed by atoms with Gasteiger partial charge in [-0.2, -0.15) is 5.26 Å². The van der Waals surface area contributed by atoms with Crippen LogP contribution in [-0.4, -0.2) is 0 Å². The van der Waals surface area contributed by atoms with Crippen molar-refractivity contribution in [3.8, 4) is 17.6 Å². The summed E-state index contributed by atoms with van der Waals surface area (Å²) in [5, 5.41) is 8.94. The van der Waals surface area contributed by atoms with Crippen LogP contribution in [0.1, 0.15) is 5.56 Å². The number of anilines is 1. The number of nitrogens with two attached hydrogens (primary N) is 1. The lowest BCUT2D eigenvalue weighted by Gasteiger charge is -2.09. The number of nitrogens with zero attached hydrogens (tertiary/aromatic N) is 1. The largest absolute Gasteiger partial charge is 0.453 e. The summed E-state index contributed by atoms with van der Waals surface area (Å²) in [6.45, 7) is 0. The van der Waals surface area contributed by atoms with E-state index in [2.05, 4.69) is 15.9 Å². The molecule has 0 spiro atoms. The Morgan fingerprint density at radius 3 is 2.61 bits per heavy atom. The molecule has 0 amide bonds. The molecule has 0 heterocycles. The molecule has 0 aliphatic heterocycles. The van der Waals surface area contributed by atoms with Crippen LogP contribution in [0.3, 0.4) is 0 Å². The maximum Gasteiger partial charge on any atom is 0.167 e. The van der Waals surface area contributed by atoms with E-state index >= 15 is 0 Å². The minimum absolute atomic E-state index is 0.0267. The van der Waals surface area contributed by atoms with Gasteiger partial charge in [0.2, 0.25) is 0 Å². The van der Waals surface area contributed by atoms with E-state index in [1.165, 1.54) is 18.2 Å². The van der Waals surface area contributed by atoms with Crippen molar-refractivity contribution in [1.82, 2.24) is 0 Å². The molecule has 0 fully saturated rings. The second kappa shape index (κ2) is 5.07. The van der Waals surface area contributed by atoms with Gasteiger partial charge in [0, 0.05) is 16.2 Å². The lowest BCUT2D eigenvalue weighted by atomic mass is 10.2. The molecule has 0 aromatic heterocycles. The summed E-state index contributed by atoms with van der Waals surface area (Å²) in [4.78, 5) is 0. The smallest absolute Gasteiger partial charge is 0.167 e. The van der Waals surface area contributed by atoms with Crippen molar-refractivity contribution in [2.45, 2.75) is 0 Å². The predicted octanol–water partition coefficient (Wildman–Crippen LogP) is 3.83. The van der Waals surface area contributed by atoms with Gasteiger partial charge < -0.3 is 10.5 Å². The van der Waals surface area contributed by atoms with Crippen LogP contribution in [0.15, 0.2) is 40.9 Å². The molecule has 2 N–H and O–H groups in total. The molecular weight excluding hydrogens is 299 g/mol. The number of nitriles is 1. The van der Waals surface area contributed by atoms with E-state index in [1.807, 2.05) is 6.07 Å². The monoisotopic (exact) mass is 306 g/mol. The number of nitrogen functional groups attached to an aromatic ring is 1. The van der Waals surface area contributed by atoms with E-state index in [9.17, 15) is 4.39 Å². The molecule has 2 aromatic rings. The van der Waals surface area contributed by atoms with Gasteiger partial charge in [0.15, 0.2) is 11.6 Å².